The molecule has 138 valence electrons. The average Bonchev–Trinajstić information content (AvgIpc) is 2.56. The van der Waals surface area contributed by atoms with Crippen molar-refractivity contribution in [1.82, 2.24) is 0 Å². The van der Waals surface area contributed by atoms with Gasteiger partial charge < -0.3 is 9.84 Å². The first kappa shape index (κ1) is 22.7. The molecular formula is C19H37ClO3. The van der Waals surface area contributed by atoms with E-state index in [1.165, 1.54) is 70.6 Å². The Bertz CT molecular complexity index is 259. The Kier molecular flexibility index (Phi) is 17.8. The second-order valence-corrected chi connectivity index (χ2v) is 6.79. The van der Waals surface area contributed by atoms with E-state index in [1.807, 2.05) is 0 Å². The van der Waals surface area contributed by atoms with E-state index in [2.05, 4.69) is 6.92 Å². The third kappa shape index (κ3) is 17.9. The van der Waals surface area contributed by atoms with Gasteiger partial charge in [0.15, 0.2) is 0 Å². The SMILES string of the molecule is CCCCCCCCCCCCCCCC(=O)OC[C@@H](O)CCl. The molecule has 0 amide bonds. The maximum absolute atomic E-state index is 11.4. The minimum Gasteiger partial charge on any atom is -0.463 e. The number of alkyl halides is 1. The van der Waals surface area contributed by atoms with Crippen molar-refractivity contribution in [2.45, 2.75) is 103 Å². The third-order valence-corrected chi connectivity index (χ3v) is 4.46. The quantitative estimate of drug-likeness (QED) is 0.211. The lowest BCUT2D eigenvalue weighted by Crippen LogP contribution is -2.19. The lowest BCUT2D eigenvalue weighted by atomic mass is 10.0. The van der Waals surface area contributed by atoms with Crippen molar-refractivity contribution in [3.63, 3.8) is 0 Å². The van der Waals surface area contributed by atoms with Crippen LogP contribution in [0.4, 0.5) is 0 Å². The Hall–Kier alpha value is -0.280. The number of esters is 1. The zero-order valence-electron chi connectivity index (χ0n) is 15.0. The van der Waals surface area contributed by atoms with E-state index in [4.69, 9.17) is 16.3 Å². The fraction of sp³-hybridized carbons (Fsp3) is 0.947. The Labute approximate surface area is 148 Å². The number of carbonyl (C=O) groups excluding carboxylic acids is 1. The van der Waals surface area contributed by atoms with Crippen LogP contribution in [0.2, 0.25) is 0 Å². The third-order valence-electron chi connectivity index (χ3n) is 4.10. The lowest BCUT2D eigenvalue weighted by Gasteiger charge is -2.08. The van der Waals surface area contributed by atoms with Crippen molar-refractivity contribution in [3.8, 4) is 0 Å². The van der Waals surface area contributed by atoms with Gasteiger partial charge in [0.25, 0.3) is 0 Å². The van der Waals surface area contributed by atoms with Gasteiger partial charge in [0.05, 0.1) is 5.88 Å². The summed E-state index contributed by atoms with van der Waals surface area (Å²) in [5, 5.41) is 9.18. The van der Waals surface area contributed by atoms with E-state index in [0.29, 0.717) is 6.42 Å². The number of hydrogen-bond acceptors (Lipinski definition) is 3. The average molecular weight is 349 g/mol. The van der Waals surface area contributed by atoms with Crippen molar-refractivity contribution >= 4 is 17.6 Å². The molecule has 0 unspecified atom stereocenters. The Morgan fingerprint density at radius 2 is 1.30 bits per heavy atom. The van der Waals surface area contributed by atoms with Gasteiger partial charge in [-0.2, -0.15) is 0 Å². The molecule has 3 nitrogen and oxygen atoms in total. The minimum absolute atomic E-state index is 0.0147. The normalized spacial score (nSPS) is 12.3. The predicted molar refractivity (Wildman–Crippen MR) is 98.0 cm³/mol. The second-order valence-electron chi connectivity index (χ2n) is 6.48. The maximum atomic E-state index is 11.4. The first-order valence-corrected chi connectivity index (χ1v) is 10.1. The molecule has 0 aliphatic rings. The van der Waals surface area contributed by atoms with Gasteiger partial charge in [0.1, 0.15) is 12.7 Å². The van der Waals surface area contributed by atoms with Crippen molar-refractivity contribution < 1.29 is 14.6 Å². The number of unbranched alkanes of at least 4 members (excludes halogenated alkanes) is 12. The molecule has 0 aromatic carbocycles. The van der Waals surface area contributed by atoms with E-state index < -0.39 is 6.10 Å². The largest absolute Gasteiger partial charge is 0.463 e. The fourth-order valence-electron chi connectivity index (χ4n) is 2.59. The van der Waals surface area contributed by atoms with Crippen LogP contribution in [0.15, 0.2) is 0 Å². The van der Waals surface area contributed by atoms with Gasteiger partial charge in [0, 0.05) is 6.42 Å². The van der Waals surface area contributed by atoms with Gasteiger partial charge in [-0.05, 0) is 6.42 Å². The molecule has 0 radical (unpaired) electrons. The molecule has 0 spiro atoms. The summed E-state index contributed by atoms with van der Waals surface area (Å²) in [7, 11) is 0. The van der Waals surface area contributed by atoms with E-state index in [0.717, 1.165) is 12.8 Å². The summed E-state index contributed by atoms with van der Waals surface area (Å²) in [6, 6.07) is 0. The highest BCUT2D eigenvalue weighted by molar-refractivity contribution is 6.18. The molecule has 0 aliphatic heterocycles. The number of ether oxygens (including phenoxy) is 1. The summed E-state index contributed by atoms with van der Waals surface area (Å²) in [6.07, 6.45) is 16.5. The van der Waals surface area contributed by atoms with Crippen LogP contribution < -0.4 is 0 Å². The molecule has 0 aromatic heterocycles. The summed E-state index contributed by atoms with van der Waals surface area (Å²) in [5.74, 6) is -0.122. The van der Waals surface area contributed by atoms with Crippen molar-refractivity contribution in [2.75, 3.05) is 12.5 Å². The zero-order valence-corrected chi connectivity index (χ0v) is 15.8. The molecule has 0 fully saturated rings. The van der Waals surface area contributed by atoms with E-state index in [9.17, 15) is 9.90 Å². The number of aliphatic hydroxyl groups excluding tert-OH is 1. The molecular weight excluding hydrogens is 312 g/mol. The van der Waals surface area contributed by atoms with Crippen LogP contribution in [0.25, 0.3) is 0 Å². The monoisotopic (exact) mass is 348 g/mol. The number of hydrogen-bond donors (Lipinski definition) is 1. The van der Waals surface area contributed by atoms with Crippen LogP contribution >= 0.6 is 11.6 Å². The molecule has 0 saturated carbocycles. The van der Waals surface area contributed by atoms with Gasteiger partial charge in [-0.15, -0.1) is 11.6 Å². The van der Waals surface area contributed by atoms with Crippen molar-refractivity contribution in [3.05, 3.63) is 0 Å². The summed E-state index contributed by atoms with van der Waals surface area (Å²) in [4.78, 5) is 11.4. The minimum atomic E-state index is -0.743. The van der Waals surface area contributed by atoms with Crippen LogP contribution in [-0.4, -0.2) is 29.7 Å². The molecule has 0 bridgehead atoms. The topological polar surface area (TPSA) is 46.5 Å². The van der Waals surface area contributed by atoms with Crippen LogP contribution in [0.3, 0.4) is 0 Å². The zero-order chi connectivity index (χ0) is 17.2. The van der Waals surface area contributed by atoms with Crippen LogP contribution in [-0.2, 0) is 9.53 Å². The highest BCUT2D eigenvalue weighted by Gasteiger charge is 2.07. The molecule has 4 heteroatoms. The van der Waals surface area contributed by atoms with Crippen LogP contribution in [0.5, 0.6) is 0 Å². The summed E-state index contributed by atoms with van der Waals surface area (Å²) >= 11 is 5.43. The van der Waals surface area contributed by atoms with Crippen LogP contribution in [0.1, 0.15) is 96.8 Å². The van der Waals surface area contributed by atoms with Crippen LogP contribution in [0, 0.1) is 0 Å². The standard InChI is InChI=1S/C19H37ClO3/c1-2-3-4-5-6-7-8-9-10-11-12-13-14-15-19(22)23-17-18(21)16-20/h18,21H,2-17H2,1H3/t18-/m0/s1. The summed E-state index contributed by atoms with van der Waals surface area (Å²) < 4.78 is 4.93. The molecule has 0 aliphatic carbocycles. The molecule has 0 saturated heterocycles. The first-order valence-electron chi connectivity index (χ1n) is 9.60. The molecule has 23 heavy (non-hydrogen) atoms. The van der Waals surface area contributed by atoms with Gasteiger partial charge in [-0.3, -0.25) is 4.79 Å². The number of carbonyl (C=O) groups is 1. The number of halogens is 1. The fourth-order valence-corrected chi connectivity index (χ4v) is 2.68. The Morgan fingerprint density at radius 1 is 0.870 bits per heavy atom. The van der Waals surface area contributed by atoms with Gasteiger partial charge in [-0.25, -0.2) is 0 Å². The van der Waals surface area contributed by atoms with Gasteiger partial charge >= 0.3 is 5.97 Å². The van der Waals surface area contributed by atoms with Crippen molar-refractivity contribution in [2.24, 2.45) is 0 Å². The van der Waals surface area contributed by atoms with E-state index in [-0.39, 0.29) is 18.5 Å². The van der Waals surface area contributed by atoms with E-state index >= 15 is 0 Å². The Balaban J connectivity index is 3.14. The molecule has 1 atom stereocenters. The van der Waals surface area contributed by atoms with E-state index in [1.54, 1.807) is 0 Å². The summed E-state index contributed by atoms with van der Waals surface area (Å²) in [5.41, 5.74) is 0. The van der Waals surface area contributed by atoms with Crippen molar-refractivity contribution in [1.29, 1.82) is 0 Å². The first-order chi connectivity index (χ1) is 11.2. The molecule has 1 N–H and O–H groups in total. The molecule has 0 rings (SSSR count). The second kappa shape index (κ2) is 18.1. The number of rotatable bonds is 17. The predicted octanol–water partition coefficient (Wildman–Crippen LogP) is 5.61. The number of aliphatic hydroxyl groups is 1. The lowest BCUT2D eigenvalue weighted by molar-refractivity contribution is -0.146. The molecule has 0 aromatic rings. The summed E-state index contributed by atoms with van der Waals surface area (Å²) in [6.45, 7) is 2.27. The van der Waals surface area contributed by atoms with Gasteiger partial charge in [0.2, 0.25) is 0 Å². The molecule has 0 heterocycles. The highest BCUT2D eigenvalue weighted by atomic mass is 35.5. The maximum Gasteiger partial charge on any atom is 0.305 e. The van der Waals surface area contributed by atoms with Gasteiger partial charge in [-0.1, -0.05) is 84.0 Å². The Morgan fingerprint density at radius 3 is 1.74 bits per heavy atom. The highest BCUT2D eigenvalue weighted by Crippen LogP contribution is 2.13. The smallest absolute Gasteiger partial charge is 0.305 e.